The molecule has 0 spiro atoms. The number of nitrogens with zero attached hydrogens (tertiary/aromatic N) is 1. The van der Waals surface area contributed by atoms with Gasteiger partial charge in [-0.1, -0.05) is 13.8 Å². The van der Waals surface area contributed by atoms with Crippen LogP contribution in [0.15, 0.2) is 0 Å². The highest BCUT2D eigenvalue weighted by atomic mass is 16.4. The summed E-state index contributed by atoms with van der Waals surface area (Å²) >= 11 is 0. The molecule has 4 heteroatoms. The second-order valence-electron chi connectivity index (χ2n) is 7.23. The summed E-state index contributed by atoms with van der Waals surface area (Å²) in [6.45, 7) is 10.8. The van der Waals surface area contributed by atoms with E-state index in [1.54, 1.807) is 0 Å². The van der Waals surface area contributed by atoms with Gasteiger partial charge >= 0.3 is 5.97 Å². The minimum absolute atomic E-state index is 0.197. The molecule has 1 aliphatic rings. The van der Waals surface area contributed by atoms with Gasteiger partial charge in [-0.25, -0.2) is 0 Å². The fourth-order valence-corrected chi connectivity index (χ4v) is 3.52. The SMILES string of the molecule is CC(C)CC(C)N(C)C1CCC(NC(C)C)(C(=O)O)C1. The molecule has 2 N–H and O–H groups in total. The predicted octanol–water partition coefficient (Wildman–Crippen LogP) is 2.73. The Kier molecular flexibility index (Phi) is 6.02. The van der Waals surface area contributed by atoms with Gasteiger partial charge < -0.3 is 10.0 Å². The smallest absolute Gasteiger partial charge is 0.323 e. The van der Waals surface area contributed by atoms with Crippen LogP contribution in [0.5, 0.6) is 0 Å². The molecule has 3 unspecified atom stereocenters. The monoisotopic (exact) mass is 284 g/mol. The van der Waals surface area contributed by atoms with Gasteiger partial charge in [-0.3, -0.25) is 10.1 Å². The van der Waals surface area contributed by atoms with Gasteiger partial charge in [-0.15, -0.1) is 0 Å². The summed E-state index contributed by atoms with van der Waals surface area (Å²) in [6.07, 6.45) is 3.55. The average Bonchev–Trinajstić information content (AvgIpc) is 2.71. The molecule has 0 aliphatic heterocycles. The van der Waals surface area contributed by atoms with Crippen LogP contribution in [0.2, 0.25) is 0 Å². The number of nitrogens with one attached hydrogen (secondary N) is 1. The largest absolute Gasteiger partial charge is 0.480 e. The van der Waals surface area contributed by atoms with E-state index in [0.717, 1.165) is 19.3 Å². The zero-order valence-electron chi connectivity index (χ0n) is 13.9. The van der Waals surface area contributed by atoms with Crippen molar-refractivity contribution in [3.05, 3.63) is 0 Å². The van der Waals surface area contributed by atoms with E-state index in [1.807, 2.05) is 13.8 Å². The predicted molar refractivity (Wildman–Crippen MR) is 83.0 cm³/mol. The van der Waals surface area contributed by atoms with Gasteiger partial charge in [0.1, 0.15) is 5.54 Å². The Hall–Kier alpha value is -0.610. The summed E-state index contributed by atoms with van der Waals surface area (Å²) in [5, 5.41) is 12.9. The minimum atomic E-state index is -0.732. The fourth-order valence-electron chi connectivity index (χ4n) is 3.52. The van der Waals surface area contributed by atoms with Crippen molar-refractivity contribution < 1.29 is 9.90 Å². The van der Waals surface area contributed by atoms with Crippen LogP contribution in [-0.2, 0) is 4.79 Å². The van der Waals surface area contributed by atoms with Crippen molar-refractivity contribution in [1.29, 1.82) is 0 Å². The van der Waals surface area contributed by atoms with Crippen LogP contribution in [0.4, 0.5) is 0 Å². The molecule has 0 radical (unpaired) electrons. The van der Waals surface area contributed by atoms with Crippen molar-refractivity contribution in [2.45, 2.75) is 84.0 Å². The molecular formula is C16H32N2O2. The van der Waals surface area contributed by atoms with Crippen LogP contribution in [0.3, 0.4) is 0 Å². The molecule has 0 aromatic heterocycles. The first-order valence-corrected chi connectivity index (χ1v) is 7.91. The van der Waals surface area contributed by atoms with Crippen LogP contribution in [0.25, 0.3) is 0 Å². The Morgan fingerprint density at radius 3 is 2.40 bits per heavy atom. The van der Waals surface area contributed by atoms with Gasteiger partial charge in [0.2, 0.25) is 0 Å². The zero-order chi connectivity index (χ0) is 15.5. The maximum Gasteiger partial charge on any atom is 0.323 e. The van der Waals surface area contributed by atoms with Gasteiger partial charge in [0.15, 0.2) is 0 Å². The standard InChI is InChI=1S/C16H32N2O2/c1-11(2)9-13(5)18(6)14-7-8-16(10-14,15(19)20)17-12(3)4/h11-14,17H,7-10H2,1-6H3,(H,19,20). The zero-order valence-corrected chi connectivity index (χ0v) is 13.9. The average molecular weight is 284 g/mol. The first kappa shape index (κ1) is 17.4. The second kappa shape index (κ2) is 6.90. The molecule has 0 aromatic carbocycles. The summed E-state index contributed by atoms with van der Waals surface area (Å²) in [5.41, 5.74) is -0.732. The fraction of sp³-hybridized carbons (Fsp3) is 0.938. The molecule has 118 valence electrons. The van der Waals surface area contributed by atoms with E-state index in [2.05, 4.69) is 38.0 Å². The van der Waals surface area contributed by atoms with E-state index in [4.69, 9.17) is 0 Å². The topological polar surface area (TPSA) is 52.6 Å². The van der Waals surface area contributed by atoms with E-state index >= 15 is 0 Å². The van der Waals surface area contributed by atoms with Gasteiger partial charge in [0.05, 0.1) is 0 Å². The second-order valence-corrected chi connectivity index (χ2v) is 7.23. The summed E-state index contributed by atoms with van der Waals surface area (Å²) in [7, 11) is 2.14. The quantitative estimate of drug-likeness (QED) is 0.755. The third kappa shape index (κ3) is 4.19. The Bertz CT molecular complexity index is 330. The summed E-state index contributed by atoms with van der Waals surface area (Å²) in [5.74, 6) is -0.0227. The van der Waals surface area contributed by atoms with E-state index in [1.165, 1.54) is 0 Å². The molecule has 1 rings (SSSR count). The van der Waals surface area contributed by atoms with Crippen molar-refractivity contribution in [2.75, 3.05) is 7.05 Å². The molecule has 20 heavy (non-hydrogen) atoms. The lowest BCUT2D eigenvalue weighted by Crippen LogP contribution is -2.54. The number of hydrogen-bond donors (Lipinski definition) is 2. The van der Waals surface area contributed by atoms with Gasteiger partial charge in [0.25, 0.3) is 0 Å². The van der Waals surface area contributed by atoms with Crippen LogP contribution < -0.4 is 5.32 Å². The number of rotatable bonds is 7. The Labute approximate surface area is 123 Å². The summed E-state index contributed by atoms with van der Waals surface area (Å²) < 4.78 is 0. The number of carbonyl (C=O) groups is 1. The molecular weight excluding hydrogens is 252 g/mol. The molecule has 1 saturated carbocycles. The first-order valence-electron chi connectivity index (χ1n) is 7.91. The third-order valence-electron chi connectivity index (χ3n) is 4.55. The molecule has 0 aromatic rings. The van der Waals surface area contributed by atoms with Gasteiger partial charge in [-0.2, -0.15) is 0 Å². The van der Waals surface area contributed by atoms with Crippen molar-refractivity contribution in [2.24, 2.45) is 5.92 Å². The lowest BCUT2D eigenvalue weighted by Gasteiger charge is -2.34. The molecule has 0 bridgehead atoms. The number of hydrogen-bond acceptors (Lipinski definition) is 3. The maximum atomic E-state index is 11.7. The third-order valence-corrected chi connectivity index (χ3v) is 4.55. The van der Waals surface area contributed by atoms with E-state index in [-0.39, 0.29) is 6.04 Å². The summed E-state index contributed by atoms with van der Waals surface area (Å²) in [4.78, 5) is 14.1. The molecule has 1 aliphatic carbocycles. The number of carboxylic acid groups (broad SMARTS) is 1. The van der Waals surface area contributed by atoms with Crippen molar-refractivity contribution in [1.82, 2.24) is 10.2 Å². The molecule has 3 atom stereocenters. The number of carboxylic acids is 1. The number of aliphatic carboxylic acids is 1. The van der Waals surface area contributed by atoms with Crippen LogP contribution in [0.1, 0.15) is 60.3 Å². The molecule has 0 amide bonds. The highest BCUT2D eigenvalue weighted by molar-refractivity contribution is 5.79. The normalized spacial score (nSPS) is 28.6. The maximum absolute atomic E-state index is 11.7. The highest BCUT2D eigenvalue weighted by Crippen LogP contribution is 2.34. The van der Waals surface area contributed by atoms with Gasteiger partial charge in [-0.05, 0) is 59.4 Å². The molecule has 0 saturated heterocycles. The van der Waals surface area contributed by atoms with Crippen molar-refractivity contribution in [3.8, 4) is 0 Å². The Morgan fingerprint density at radius 2 is 1.95 bits per heavy atom. The lowest BCUT2D eigenvalue weighted by atomic mass is 9.95. The van der Waals surface area contributed by atoms with Crippen molar-refractivity contribution >= 4 is 5.97 Å². The van der Waals surface area contributed by atoms with E-state index in [0.29, 0.717) is 24.4 Å². The van der Waals surface area contributed by atoms with Crippen LogP contribution in [-0.4, -0.2) is 46.7 Å². The molecule has 0 heterocycles. The van der Waals surface area contributed by atoms with Crippen molar-refractivity contribution in [3.63, 3.8) is 0 Å². The Balaban J connectivity index is 2.70. The minimum Gasteiger partial charge on any atom is -0.480 e. The molecule has 4 nitrogen and oxygen atoms in total. The van der Waals surface area contributed by atoms with E-state index < -0.39 is 11.5 Å². The van der Waals surface area contributed by atoms with E-state index in [9.17, 15) is 9.90 Å². The summed E-state index contributed by atoms with van der Waals surface area (Å²) in [6, 6.07) is 1.07. The molecule has 1 fully saturated rings. The van der Waals surface area contributed by atoms with Crippen LogP contribution >= 0.6 is 0 Å². The van der Waals surface area contributed by atoms with Crippen LogP contribution in [0, 0.1) is 5.92 Å². The van der Waals surface area contributed by atoms with Gasteiger partial charge in [0, 0.05) is 18.1 Å². The lowest BCUT2D eigenvalue weighted by molar-refractivity contribution is -0.145. The first-order chi connectivity index (χ1) is 9.18. The highest BCUT2D eigenvalue weighted by Gasteiger charge is 2.47. The Morgan fingerprint density at radius 1 is 1.35 bits per heavy atom.